The first-order valence-electron chi connectivity index (χ1n) is 6.34. The van der Waals surface area contributed by atoms with E-state index in [-0.39, 0.29) is 0 Å². The number of rotatable bonds is 4. The molecule has 0 heterocycles. The van der Waals surface area contributed by atoms with Crippen LogP contribution in [0.15, 0.2) is 42.0 Å². The molecule has 0 radical (unpaired) electrons. The van der Waals surface area contributed by atoms with Crippen LogP contribution in [0, 0.1) is 0 Å². The van der Waals surface area contributed by atoms with Gasteiger partial charge >= 0.3 is 5.97 Å². The number of benzene rings is 1. The van der Waals surface area contributed by atoms with Gasteiger partial charge in [-0.05, 0) is 30.2 Å². The largest absolute Gasteiger partial charge is 0.497 e. The van der Waals surface area contributed by atoms with E-state index in [0.29, 0.717) is 12.0 Å². The van der Waals surface area contributed by atoms with Gasteiger partial charge in [-0.15, -0.1) is 0 Å². The fourth-order valence-electron chi connectivity index (χ4n) is 2.38. The lowest BCUT2D eigenvalue weighted by Gasteiger charge is -2.34. The third kappa shape index (κ3) is 2.60. The van der Waals surface area contributed by atoms with Crippen molar-refractivity contribution in [1.29, 1.82) is 0 Å². The van der Waals surface area contributed by atoms with Gasteiger partial charge in [0.1, 0.15) is 5.75 Å². The highest BCUT2D eigenvalue weighted by Gasteiger charge is 2.34. The average Bonchev–Trinajstić information content (AvgIpc) is 2.47. The van der Waals surface area contributed by atoms with E-state index in [2.05, 4.69) is 0 Å². The molecular formula is C16H18O4. The Hall–Kier alpha value is -2.07. The van der Waals surface area contributed by atoms with Crippen molar-refractivity contribution in [3.8, 4) is 5.75 Å². The van der Waals surface area contributed by atoms with Crippen LogP contribution in [0.2, 0.25) is 0 Å². The number of ether oxygens (including phenoxy) is 2. The molecule has 1 aromatic rings. The van der Waals surface area contributed by atoms with Crippen molar-refractivity contribution in [3.05, 3.63) is 47.6 Å². The number of hydrogen-bond acceptors (Lipinski definition) is 3. The molecule has 1 aliphatic rings. The van der Waals surface area contributed by atoms with E-state index in [1.165, 1.54) is 0 Å². The highest BCUT2D eigenvalue weighted by molar-refractivity contribution is 5.90. The zero-order valence-electron chi connectivity index (χ0n) is 11.8. The Kier molecular flexibility index (Phi) is 3.95. The summed E-state index contributed by atoms with van der Waals surface area (Å²) in [6.45, 7) is 1.90. The number of aliphatic carboxylic acids is 1. The normalized spacial score (nSPS) is 21.9. The predicted octanol–water partition coefficient (Wildman–Crippen LogP) is 2.90. The van der Waals surface area contributed by atoms with Gasteiger partial charge in [-0.1, -0.05) is 24.3 Å². The molecule has 2 rings (SSSR count). The highest BCUT2D eigenvalue weighted by atomic mass is 16.5. The average molecular weight is 274 g/mol. The first kappa shape index (κ1) is 14.3. The second kappa shape index (κ2) is 5.51. The van der Waals surface area contributed by atoms with Crippen molar-refractivity contribution in [2.75, 3.05) is 14.2 Å². The van der Waals surface area contributed by atoms with E-state index in [9.17, 15) is 4.79 Å². The summed E-state index contributed by atoms with van der Waals surface area (Å²) in [4.78, 5) is 11.1. The molecule has 0 fully saturated rings. The minimum Gasteiger partial charge on any atom is -0.497 e. The maximum atomic E-state index is 11.1. The summed E-state index contributed by atoms with van der Waals surface area (Å²) >= 11 is 0. The first-order chi connectivity index (χ1) is 9.50. The molecule has 106 valence electrons. The van der Waals surface area contributed by atoms with Crippen LogP contribution >= 0.6 is 0 Å². The van der Waals surface area contributed by atoms with Gasteiger partial charge in [-0.2, -0.15) is 0 Å². The van der Waals surface area contributed by atoms with Crippen molar-refractivity contribution < 1.29 is 19.4 Å². The molecule has 0 bridgehead atoms. The molecule has 1 aromatic carbocycles. The Bertz CT molecular complexity index is 569. The van der Waals surface area contributed by atoms with Crippen molar-refractivity contribution in [2.24, 2.45) is 0 Å². The van der Waals surface area contributed by atoms with Gasteiger partial charge in [0.2, 0.25) is 0 Å². The number of carboxylic acid groups (broad SMARTS) is 1. The van der Waals surface area contributed by atoms with Gasteiger partial charge in [0, 0.05) is 19.1 Å². The molecule has 0 saturated heterocycles. The number of hydrogen-bond donors (Lipinski definition) is 1. The van der Waals surface area contributed by atoms with E-state index in [1.807, 2.05) is 37.3 Å². The molecule has 0 saturated carbocycles. The number of carbonyl (C=O) groups is 1. The van der Waals surface area contributed by atoms with E-state index < -0.39 is 11.6 Å². The fraction of sp³-hybridized carbons (Fsp3) is 0.312. The third-order valence-electron chi connectivity index (χ3n) is 3.67. The lowest BCUT2D eigenvalue weighted by atomic mass is 9.80. The lowest BCUT2D eigenvalue weighted by molar-refractivity contribution is -0.133. The van der Waals surface area contributed by atoms with Crippen LogP contribution in [0.25, 0.3) is 5.57 Å². The van der Waals surface area contributed by atoms with E-state index in [0.717, 1.165) is 16.9 Å². The molecular weight excluding hydrogens is 256 g/mol. The Labute approximate surface area is 118 Å². The van der Waals surface area contributed by atoms with Crippen molar-refractivity contribution in [2.45, 2.75) is 18.9 Å². The number of carboxylic acids is 1. The van der Waals surface area contributed by atoms with Gasteiger partial charge in [-0.25, -0.2) is 4.79 Å². The van der Waals surface area contributed by atoms with Crippen molar-refractivity contribution >= 4 is 11.5 Å². The van der Waals surface area contributed by atoms with Gasteiger partial charge in [0.15, 0.2) is 0 Å². The Morgan fingerprint density at radius 2 is 1.85 bits per heavy atom. The summed E-state index contributed by atoms with van der Waals surface area (Å²) in [5.74, 6) is -0.121. The monoisotopic (exact) mass is 274 g/mol. The molecule has 4 nitrogen and oxygen atoms in total. The van der Waals surface area contributed by atoms with E-state index >= 15 is 0 Å². The zero-order chi connectivity index (χ0) is 14.8. The molecule has 4 heteroatoms. The number of allylic oxidation sites excluding steroid dienone is 2. The SMILES string of the molecule is COc1ccc(C2=CC=C(C(=O)O)CC2(C)OC)cc1. The molecule has 1 unspecified atom stereocenters. The molecule has 0 spiro atoms. The van der Waals surface area contributed by atoms with Crippen LogP contribution in [0.4, 0.5) is 0 Å². The van der Waals surface area contributed by atoms with E-state index in [1.54, 1.807) is 20.3 Å². The summed E-state index contributed by atoms with van der Waals surface area (Å²) in [6.07, 6.45) is 3.80. The van der Waals surface area contributed by atoms with E-state index in [4.69, 9.17) is 14.6 Å². The first-order valence-corrected chi connectivity index (χ1v) is 6.34. The minimum atomic E-state index is -0.904. The summed E-state index contributed by atoms with van der Waals surface area (Å²) in [7, 11) is 3.22. The lowest BCUT2D eigenvalue weighted by Crippen LogP contribution is -2.32. The molecule has 0 aromatic heterocycles. The van der Waals surface area contributed by atoms with Gasteiger partial charge in [-0.3, -0.25) is 0 Å². The Morgan fingerprint density at radius 1 is 1.20 bits per heavy atom. The molecule has 1 atom stereocenters. The van der Waals surface area contributed by atoms with Crippen LogP contribution in [-0.4, -0.2) is 30.9 Å². The Balaban J connectivity index is 2.43. The van der Waals surface area contributed by atoms with Crippen LogP contribution in [-0.2, 0) is 9.53 Å². The Morgan fingerprint density at radius 3 is 2.35 bits per heavy atom. The van der Waals surface area contributed by atoms with Crippen LogP contribution in [0.3, 0.4) is 0 Å². The maximum absolute atomic E-state index is 11.1. The summed E-state index contributed by atoms with van der Waals surface area (Å²) in [6, 6.07) is 7.65. The smallest absolute Gasteiger partial charge is 0.331 e. The van der Waals surface area contributed by atoms with Crippen molar-refractivity contribution in [1.82, 2.24) is 0 Å². The second-order valence-corrected chi connectivity index (χ2v) is 4.92. The standard InChI is InChI=1S/C16H18O4/c1-16(20-3)10-12(15(17)18)6-9-14(16)11-4-7-13(19-2)8-5-11/h4-9H,10H2,1-3H3,(H,17,18). The highest BCUT2D eigenvalue weighted by Crippen LogP contribution is 2.38. The van der Waals surface area contributed by atoms with Gasteiger partial charge in [0.25, 0.3) is 0 Å². The molecule has 0 aliphatic heterocycles. The van der Waals surface area contributed by atoms with Crippen LogP contribution in [0.1, 0.15) is 18.9 Å². The van der Waals surface area contributed by atoms with Gasteiger partial charge in [0.05, 0.1) is 12.7 Å². The van der Waals surface area contributed by atoms with Crippen LogP contribution in [0.5, 0.6) is 5.75 Å². The fourth-order valence-corrected chi connectivity index (χ4v) is 2.38. The third-order valence-corrected chi connectivity index (χ3v) is 3.67. The molecule has 20 heavy (non-hydrogen) atoms. The second-order valence-electron chi connectivity index (χ2n) is 4.92. The van der Waals surface area contributed by atoms with Crippen molar-refractivity contribution in [3.63, 3.8) is 0 Å². The summed E-state index contributed by atoms with van der Waals surface area (Å²) < 4.78 is 10.7. The summed E-state index contributed by atoms with van der Waals surface area (Å²) in [5, 5.41) is 9.12. The van der Waals surface area contributed by atoms with Crippen LogP contribution < -0.4 is 4.74 Å². The minimum absolute atomic E-state index is 0.344. The molecule has 0 amide bonds. The zero-order valence-corrected chi connectivity index (χ0v) is 11.8. The number of methoxy groups -OCH3 is 2. The predicted molar refractivity (Wildman–Crippen MR) is 76.7 cm³/mol. The maximum Gasteiger partial charge on any atom is 0.331 e. The molecule has 1 N–H and O–H groups in total. The molecule has 1 aliphatic carbocycles. The quantitative estimate of drug-likeness (QED) is 0.917. The topological polar surface area (TPSA) is 55.8 Å². The van der Waals surface area contributed by atoms with Gasteiger partial charge < -0.3 is 14.6 Å². The summed E-state index contributed by atoms with van der Waals surface area (Å²) in [5.41, 5.74) is 1.67.